The molecule has 1 aliphatic carbocycles. The third-order valence-electron chi connectivity index (χ3n) is 5.58. The molecule has 0 aliphatic heterocycles. The average Bonchev–Trinajstić information content (AvgIpc) is 3.03. The molecule has 0 atom stereocenters. The zero-order valence-corrected chi connectivity index (χ0v) is 16.4. The number of unbranched alkanes of at least 4 members (excludes halogenated alkanes) is 1. The lowest BCUT2D eigenvalue weighted by Gasteiger charge is -2.14. The monoisotopic (exact) mass is 438 g/mol. The van der Waals surface area contributed by atoms with Gasteiger partial charge in [-0.15, -0.1) is 0 Å². The maximum Gasteiger partial charge on any atom is 0.422 e. The van der Waals surface area contributed by atoms with Gasteiger partial charge in [-0.05, 0) is 58.9 Å². The lowest BCUT2D eigenvalue weighted by Crippen LogP contribution is -2.12. The van der Waals surface area contributed by atoms with Crippen LogP contribution < -0.4 is 0 Å². The fourth-order valence-electron chi connectivity index (χ4n) is 4.11. The molecule has 0 bridgehead atoms. The Kier molecular flexibility index (Phi) is 5.31. The molecule has 4 rings (SSSR count). The number of hydrogen-bond acceptors (Lipinski definition) is 0. The highest BCUT2D eigenvalue weighted by molar-refractivity contribution is 5.81. The third-order valence-corrected chi connectivity index (χ3v) is 5.58. The summed E-state index contributed by atoms with van der Waals surface area (Å²) < 4.78 is 96.5. The van der Waals surface area contributed by atoms with Crippen LogP contribution in [0.15, 0.2) is 36.4 Å². The maximum absolute atomic E-state index is 15.3. The summed E-state index contributed by atoms with van der Waals surface area (Å²) in [6, 6.07) is 7.31. The van der Waals surface area contributed by atoms with Crippen molar-refractivity contribution in [2.45, 2.75) is 38.8 Å². The summed E-state index contributed by atoms with van der Waals surface area (Å²) in [6.45, 7) is 2.07. The molecule has 1 aliphatic rings. The highest BCUT2D eigenvalue weighted by Crippen LogP contribution is 2.44. The number of rotatable bonds is 4. The van der Waals surface area contributed by atoms with Gasteiger partial charge in [0.05, 0.1) is 5.56 Å². The van der Waals surface area contributed by atoms with Crippen molar-refractivity contribution < 1.29 is 30.7 Å². The molecule has 0 heterocycles. The SMILES string of the molecule is CCCCc1ccc2c(c1)Cc1c-2cc(F)c(-c2cc(F)c(C(F)(F)F)c(F)c2)c1F. The first-order chi connectivity index (χ1) is 14.6. The minimum absolute atomic E-state index is 0.153. The topological polar surface area (TPSA) is 0 Å². The predicted molar refractivity (Wildman–Crippen MR) is 104 cm³/mol. The zero-order valence-electron chi connectivity index (χ0n) is 16.4. The Balaban J connectivity index is 1.80. The first-order valence-electron chi connectivity index (χ1n) is 9.81. The molecule has 31 heavy (non-hydrogen) atoms. The van der Waals surface area contributed by atoms with E-state index in [1.54, 1.807) is 6.07 Å². The molecule has 0 N–H and O–H groups in total. The van der Waals surface area contributed by atoms with E-state index in [1.165, 1.54) is 0 Å². The summed E-state index contributed by atoms with van der Waals surface area (Å²) in [5.41, 5.74) is -0.423. The Morgan fingerprint density at radius 2 is 1.52 bits per heavy atom. The second-order valence-electron chi connectivity index (χ2n) is 7.66. The van der Waals surface area contributed by atoms with Crippen LogP contribution in [0.25, 0.3) is 22.3 Å². The van der Waals surface area contributed by atoms with Gasteiger partial charge in [-0.2, -0.15) is 13.2 Å². The Labute approximate surface area is 174 Å². The van der Waals surface area contributed by atoms with Crippen molar-refractivity contribution in [1.29, 1.82) is 0 Å². The van der Waals surface area contributed by atoms with Crippen LogP contribution in [0.2, 0.25) is 0 Å². The van der Waals surface area contributed by atoms with Gasteiger partial charge >= 0.3 is 6.18 Å². The number of fused-ring (bicyclic) bond motifs is 3. The van der Waals surface area contributed by atoms with Gasteiger partial charge in [0, 0.05) is 12.0 Å². The number of halogens is 7. The van der Waals surface area contributed by atoms with Crippen molar-refractivity contribution >= 4 is 0 Å². The molecule has 7 heteroatoms. The molecule has 0 unspecified atom stereocenters. The second kappa shape index (κ2) is 7.70. The van der Waals surface area contributed by atoms with E-state index in [0.717, 1.165) is 36.5 Å². The van der Waals surface area contributed by atoms with E-state index in [4.69, 9.17) is 0 Å². The van der Waals surface area contributed by atoms with Gasteiger partial charge < -0.3 is 0 Å². The molecule has 0 spiro atoms. The van der Waals surface area contributed by atoms with Crippen molar-refractivity contribution in [2.24, 2.45) is 0 Å². The quantitative estimate of drug-likeness (QED) is 0.285. The van der Waals surface area contributed by atoms with Crippen molar-refractivity contribution in [3.8, 4) is 22.3 Å². The first-order valence-corrected chi connectivity index (χ1v) is 9.81. The van der Waals surface area contributed by atoms with Crippen LogP contribution in [0.3, 0.4) is 0 Å². The van der Waals surface area contributed by atoms with Crippen LogP contribution in [0.4, 0.5) is 30.7 Å². The number of alkyl halides is 3. The molecule has 0 aromatic heterocycles. The van der Waals surface area contributed by atoms with Gasteiger partial charge in [-0.3, -0.25) is 0 Å². The fraction of sp³-hybridized carbons (Fsp3) is 0.250. The summed E-state index contributed by atoms with van der Waals surface area (Å²) in [7, 11) is 0. The van der Waals surface area contributed by atoms with Crippen LogP contribution in [0.1, 0.15) is 42.0 Å². The van der Waals surface area contributed by atoms with E-state index < -0.39 is 46.1 Å². The zero-order chi connectivity index (χ0) is 22.5. The van der Waals surface area contributed by atoms with E-state index in [2.05, 4.69) is 6.92 Å². The lowest BCUT2D eigenvalue weighted by atomic mass is 9.96. The number of benzene rings is 3. The molecule has 0 amide bonds. The van der Waals surface area contributed by atoms with Crippen molar-refractivity contribution in [3.05, 3.63) is 81.9 Å². The van der Waals surface area contributed by atoms with E-state index in [1.807, 2.05) is 12.1 Å². The molecule has 0 saturated heterocycles. The highest BCUT2D eigenvalue weighted by Gasteiger charge is 2.38. The summed E-state index contributed by atoms with van der Waals surface area (Å²) in [4.78, 5) is 0. The molecule has 3 aromatic carbocycles. The van der Waals surface area contributed by atoms with Gasteiger partial charge in [0.2, 0.25) is 0 Å². The summed E-state index contributed by atoms with van der Waals surface area (Å²) in [5.74, 6) is -5.98. The van der Waals surface area contributed by atoms with Crippen LogP contribution in [-0.4, -0.2) is 0 Å². The summed E-state index contributed by atoms with van der Waals surface area (Å²) in [5, 5.41) is 0. The minimum Gasteiger partial charge on any atom is -0.206 e. The summed E-state index contributed by atoms with van der Waals surface area (Å²) >= 11 is 0. The van der Waals surface area contributed by atoms with Crippen molar-refractivity contribution in [1.82, 2.24) is 0 Å². The van der Waals surface area contributed by atoms with Gasteiger partial charge in [-0.25, -0.2) is 17.6 Å². The Bertz CT molecular complexity index is 1150. The molecule has 0 nitrogen and oxygen atoms in total. The van der Waals surface area contributed by atoms with Crippen LogP contribution >= 0.6 is 0 Å². The highest BCUT2D eigenvalue weighted by atomic mass is 19.4. The Morgan fingerprint density at radius 3 is 2.13 bits per heavy atom. The smallest absolute Gasteiger partial charge is 0.206 e. The van der Waals surface area contributed by atoms with Gasteiger partial charge in [-0.1, -0.05) is 31.5 Å². The lowest BCUT2D eigenvalue weighted by molar-refractivity contribution is -0.142. The summed E-state index contributed by atoms with van der Waals surface area (Å²) in [6.07, 6.45) is -2.24. The second-order valence-corrected chi connectivity index (χ2v) is 7.66. The average molecular weight is 438 g/mol. The van der Waals surface area contributed by atoms with Gasteiger partial charge in [0.25, 0.3) is 0 Å². The Morgan fingerprint density at radius 1 is 0.839 bits per heavy atom. The van der Waals surface area contributed by atoms with Crippen LogP contribution in [-0.2, 0) is 19.0 Å². The molecule has 162 valence electrons. The molecule has 0 saturated carbocycles. The van der Waals surface area contributed by atoms with Crippen LogP contribution in [0, 0.1) is 23.3 Å². The van der Waals surface area contributed by atoms with Crippen molar-refractivity contribution in [2.75, 3.05) is 0 Å². The Hall–Kier alpha value is -2.83. The predicted octanol–water partition coefficient (Wildman–Crippen LogP) is 7.84. The molecule has 3 aromatic rings. The normalized spacial score (nSPS) is 12.8. The minimum atomic E-state index is -5.27. The molecular weight excluding hydrogens is 421 g/mol. The van der Waals surface area contributed by atoms with E-state index in [-0.39, 0.29) is 12.0 Å². The molecular formula is C24H17F7. The van der Waals surface area contributed by atoms with Gasteiger partial charge in [0.1, 0.15) is 28.8 Å². The standard InChI is InChI=1S/C24H17F7/c1-2-3-4-12-5-6-15-13(7-12)8-17-16(15)11-18(25)21(23(17)28)14-9-19(26)22(20(27)10-14)24(29,30)31/h5-7,9-11H,2-4,8H2,1H3. The van der Waals surface area contributed by atoms with E-state index in [0.29, 0.717) is 23.3 Å². The largest absolute Gasteiger partial charge is 0.422 e. The number of aryl methyl sites for hydroxylation is 1. The van der Waals surface area contributed by atoms with E-state index >= 15 is 4.39 Å². The third kappa shape index (κ3) is 3.70. The first kappa shape index (κ1) is 21.4. The van der Waals surface area contributed by atoms with Gasteiger partial charge in [0.15, 0.2) is 0 Å². The van der Waals surface area contributed by atoms with Crippen molar-refractivity contribution in [3.63, 3.8) is 0 Å². The van der Waals surface area contributed by atoms with E-state index in [9.17, 15) is 26.3 Å². The maximum atomic E-state index is 15.3. The fourth-order valence-corrected chi connectivity index (χ4v) is 4.11. The molecule has 0 fully saturated rings. The number of hydrogen-bond donors (Lipinski definition) is 0. The van der Waals surface area contributed by atoms with Crippen LogP contribution in [0.5, 0.6) is 0 Å². The molecule has 0 radical (unpaired) electrons.